The lowest BCUT2D eigenvalue weighted by atomic mass is 10.2. The van der Waals surface area contributed by atoms with Crippen molar-refractivity contribution in [3.63, 3.8) is 0 Å². The van der Waals surface area contributed by atoms with E-state index in [9.17, 15) is 18.0 Å². The van der Waals surface area contributed by atoms with Gasteiger partial charge in [0.2, 0.25) is 0 Å². The molecule has 2 aromatic rings. The van der Waals surface area contributed by atoms with Gasteiger partial charge in [0.25, 0.3) is 0 Å². The molecule has 0 aromatic carbocycles. The Morgan fingerprint density at radius 1 is 1.33 bits per heavy atom. The summed E-state index contributed by atoms with van der Waals surface area (Å²) in [7, 11) is 0. The summed E-state index contributed by atoms with van der Waals surface area (Å²) in [6, 6.07) is 1.43. The lowest BCUT2D eigenvalue weighted by Gasteiger charge is -2.11. The molecule has 0 radical (unpaired) electrons. The van der Waals surface area contributed by atoms with Gasteiger partial charge in [-0.15, -0.1) is 0 Å². The van der Waals surface area contributed by atoms with Gasteiger partial charge in [-0.05, 0) is 12.1 Å². The van der Waals surface area contributed by atoms with Gasteiger partial charge in [-0.25, -0.2) is 19.4 Å². The fourth-order valence-electron chi connectivity index (χ4n) is 1.28. The maximum absolute atomic E-state index is 12.7. The van der Waals surface area contributed by atoms with Crippen molar-refractivity contribution in [1.82, 2.24) is 19.7 Å². The van der Waals surface area contributed by atoms with Crippen LogP contribution in [0.25, 0.3) is 5.82 Å². The molecule has 0 fully saturated rings. The molecule has 9 heteroatoms. The van der Waals surface area contributed by atoms with E-state index in [0.29, 0.717) is 6.07 Å². The highest BCUT2D eigenvalue weighted by atomic mass is 19.4. The number of halogens is 3. The fraction of sp³-hybridized carbons (Fsp3) is 0.111. The van der Waals surface area contributed by atoms with Gasteiger partial charge in [0.1, 0.15) is 18.2 Å². The summed E-state index contributed by atoms with van der Waals surface area (Å²) >= 11 is 0. The van der Waals surface area contributed by atoms with Crippen molar-refractivity contribution in [2.24, 2.45) is 0 Å². The predicted molar refractivity (Wildman–Crippen MR) is 51.1 cm³/mol. The number of carbonyl (C=O) groups is 1. The number of aromatic nitrogens is 4. The SMILES string of the molecule is O=C(O)c1ccc(C(F)(F)F)c(-n2cncn2)n1. The van der Waals surface area contributed by atoms with Gasteiger partial charge >= 0.3 is 12.1 Å². The first-order chi connectivity index (χ1) is 8.39. The topological polar surface area (TPSA) is 80.9 Å². The summed E-state index contributed by atoms with van der Waals surface area (Å²) in [5.74, 6) is -2.05. The highest BCUT2D eigenvalue weighted by Gasteiger charge is 2.35. The molecule has 0 spiro atoms. The molecule has 1 N–H and O–H groups in total. The first-order valence-electron chi connectivity index (χ1n) is 4.56. The van der Waals surface area contributed by atoms with Crippen molar-refractivity contribution in [2.75, 3.05) is 0 Å². The summed E-state index contributed by atoms with van der Waals surface area (Å²) < 4.78 is 38.9. The summed E-state index contributed by atoms with van der Waals surface area (Å²) in [5, 5.41) is 12.2. The van der Waals surface area contributed by atoms with Crippen LogP contribution in [0.15, 0.2) is 24.8 Å². The third kappa shape index (κ3) is 2.14. The van der Waals surface area contributed by atoms with Crippen LogP contribution in [0, 0.1) is 0 Å². The van der Waals surface area contributed by atoms with Crippen molar-refractivity contribution in [1.29, 1.82) is 0 Å². The number of rotatable bonds is 2. The molecular weight excluding hydrogens is 253 g/mol. The molecule has 0 aliphatic heterocycles. The molecule has 2 heterocycles. The Balaban J connectivity index is 2.65. The molecule has 0 aliphatic rings. The van der Waals surface area contributed by atoms with Gasteiger partial charge < -0.3 is 5.11 Å². The number of hydrogen-bond donors (Lipinski definition) is 1. The monoisotopic (exact) mass is 258 g/mol. The van der Waals surface area contributed by atoms with E-state index in [1.54, 1.807) is 0 Å². The van der Waals surface area contributed by atoms with Crippen molar-refractivity contribution < 1.29 is 23.1 Å². The van der Waals surface area contributed by atoms with Crippen LogP contribution in [0.1, 0.15) is 16.1 Å². The van der Waals surface area contributed by atoms with Crippen LogP contribution in [0.5, 0.6) is 0 Å². The lowest BCUT2D eigenvalue weighted by molar-refractivity contribution is -0.137. The van der Waals surface area contributed by atoms with Crippen molar-refractivity contribution in [3.05, 3.63) is 36.0 Å². The number of aromatic carboxylic acids is 1. The summed E-state index contributed by atoms with van der Waals surface area (Å²) in [4.78, 5) is 17.6. The van der Waals surface area contributed by atoms with E-state index in [4.69, 9.17) is 5.11 Å². The van der Waals surface area contributed by atoms with Crippen molar-refractivity contribution in [3.8, 4) is 5.82 Å². The number of carboxylic acids is 1. The fourth-order valence-corrected chi connectivity index (χ4v) is 1.28. The van der Waals surface area contributed by atoms with E-state index in [0.717, 1.165) is 23.4 Å². The Kier molecular flexibility index (Phi) is 2.73. The molecule has 0 amide bonds. The number of carboxylic acid groups (broad SMARTS) is 1. The van der Waals surface area contributed by atoms with E-state index in [-0.39, 0.29) is 0 Å². The summed E-state index contributed by atoms with van der Waals surface area (Å²) in [5.41, 5.74) is -1.59. The Labute approximate surface area is 97.7 Å². The minimum atomic E-state index is -4.66. The highest BCUT2D eigenvalue weighted by Crippen LogP contribution is 2.32. The number of nitrogens with zero attached hydrogens (tertiary/aromatic N) is 4. The number of pyridine rings is 1. The van der Waals surface area contributed by atoms with Crippen molar-refractivity contribution in [2.45, 2.75) is 6.18 Å². The standard InChI is InChI=1S/C9H5F3N4O2/c10-9(11,12)5-1-2-6(8(17)18)15-7(5)16-4-13-3-14-16/h1-4H,(H,17,18). The molecule has 0 bridgehead atoms. The molecule has 2 rings (SSSR count). The second-order valence-corrected chi connectivity index (χ2v) is 3.21. The minimum absolute atomic E-state index is 0.506. The van der Waals surface area contributed by atoms with Crippen LogP contribution in [0.2, 0.25) is 0 Å². The Morgan fingerprint density at radius 2 is 2.06 bits per heavy atom. The minimum Gasteiger partial charge on any atom is -0.477 e. The van der Waals surface area contributed by atoms with Gasteiger partial charge in [-0.3, -0.25) is 0 Å². The molecule has 0 saturated carbocycles. The van der Waals surface area contributed by atoms with E-state index in [2.05, 4.69) is 15.1 Å². The molecular formula is C9H5F3N4O2. The smallest absolute Gasteiger partial charge is 0.420 e. The lowest BCUT2D eigenvalue weighted by Crippen LogP contribution is -2.15. The highest BCUT2D eigenvalue weighted by molar-refractivity contribution is 5.85. The van der Waals surface area contributed by atoms with Gasteiger partial charge in [0, 0.05) is 0 Å². The molecule has 0 saturated heterocycles. The third-order valence-electron chi connectivity index (χ3n) is 2.04. The quantitative estimate of drug-likeness (QED) is 0.880. The summed E-state index contributed by atoms with van der Waals surface area (Å²) in [6.45, 7) is 0. The van der Waals surface area contributed by atoms with E-state index < -0.39 is 29.2 Å². The van der Waals surface area contributed by atoms with Crippen LogP contribution >= 0.6 is 0 Å². The average molecular weight is 258 g/mol. The van der Waals surface area contributed by atoms with Crippen LogP contribution in [-0.2, 0) is 6.18 Å². The first kappa shape index (κ1) is 12.0. The molecule has 94 valence electrons. The van der Waals surface area contributed by atoms with Crippen LogP contribution < -0.4 is 0 Å². The van der Waals surface area contributed by atoms with Gasteiger partial charge in [-0.2, -0.15) is 18.3 Å². The normalized spacial score (nSPS) is 11.5. The van der Waals surface area contributed by atoms with Crippen LogP contribution in [-0.4, -0.2) is 30.8 Å². The van der Waals surface area contributed by atoms with E-state index in [1.807, 2.05) is 0 Å². The third-order valence-corrected chi connectivity index (χ3v) is 2.04. The maximum Gasteiger partial charge on any atom is 0.420 e. The van der Waals surface area contributed by atoms with Crippen molar-refractivity contribution >= 4 is 5.97 Å². The molecule has 6 nitrogen and oxygen atoms in total. The number of hydrogen-bond acceptors (Lipinski definition) is 4. The Morgan fingerprint density at radius 3 is 2.56 bits per heavy atom. The number of alkyl halides is 3. The molecule has 0 aliphatic carbocycles. The summed E-state index contributed by atoms with van der Waals surface area (Å²) in [6.07, 6.45) is -2.64. The molecule has 0 atom stereocenters. The van der Waals surface area contributed by atoms with Gasteiger partial charge in [0.15, 0.2) is 11.5 Å². The van der Waals surface area contributed by atoms with Gasteiger partial charge in [-0.1, -0.05) is 0 Å². The molecule has 0 unspecified atom stereocenters. The maximum atomic E-state index is 12.7. The van der Waals surface area contributed by atoms with Crippen LogP contribution in [0.3, 0.4) is 0 Å². The zero-order valence-electron chi connectivity index (χ0n) is 8.59. The van der Waals surface area contributed by atoms with Crippen LogP contribution in [0.4, 0.5) is 13.2 Å². The Hall–Kier alpha value is -2.45. The molecule has 18 heavy (non-hydrogen) atoms. The zero-order valence-corrected chi connectivity index (χ0v) is 8.59. The predicted octanol–water partition coefficient (Wildman–Crippen LogP) is 1.38. The molecule has 2 aromatic heterocycles. The van der Waals surface area contributed by atoms with E-state index in [1.165, 1.54) is 0 Å². The van der Waals surface area contributed by atoms with Gasteiger partial charge in [0.05, 0.1) is 0 Å². The zero-order chi connectivity index (χ0) is 13.3. The largest absolute Gasteiger partial charge is 0.477 e. The average Bonchev–Trinajstić information content (AvgIpc) is 2.80. The Bertz CT molecular complexity index is 580. The second-order valence-electron chi connectivity index (χ2n) is 3.21. The van der Waals surface area contributed by atoms with E-state index >= 15 is 0 Å². The second kappa shape index (κ2) is 4.09. The first-order valence-corrected chi connectivity index (χ1v) is 4.56.